The lowest BCUT2D eigenvalue weighted by molar-refractivity contribution is -0.185. The van der Waals surface area contributed by atoms with Gasteiger partial charge in [0.25, 0.3) is 0 Å². The highest BCUT2D eigenvalue weighted by molar-refractivity contribution is 8.00. The van der Waals surface area contributed by atoms with E-state index in [0.717, 1.165) is 23.9 Å². The maximum Gasteiger partial charge on any atom is 0.471 e. The number of carbonyl (C=O) groups excluding carboxylic acids is 2. The van der Waals surface area contributed by atoms with Crippen LogP contribution < -0.4 is 5.32 Å². The molecule has 0 aliphatic carbocycles. The van der Waals surface area contributed by atoms with E-state index in [1.807, 2.05) is 0 Å². The summed E-state index contributed by atoms with van der Waals surface area (Å²) in [4.78, 5) is 24.5. The van der Waals surface area contributed by atoms with E-state index in [4.69, 9.17) is 0 Å². The van der Waals surface area contributed by atoms with Crippen molar-refractivity contribution in [3.05, 3.63) is 59.7 Å². The van der Waals surface area contributed by atoms with Crippen LogP contribution in [0.15, 0.2) is 47.4 Å². The van der Waals surface area contributed by atoms with Gasteiger partial charge >= 0.3 is 12.1 Å². The number of halogens is 5. The number of nitrogens with zero attached hydrogens (tertiary/aromatic N) is 1. The van der Waals surface area contributed by atoms with Gasteiger partial charge in [-0.2, -0.15) is 13.2 Å². The zero-order chi connectivity index (χ0) is 21.6. The van der Waals surface area contributed by atoms with Crippen LogP contribution in [0.1, 0.15) is 12.5 Å². The van der Waals surface area contributed by atoms with Crippen molar-refractivity contribution in [3.63, 3.8) is 0 Å². The van der Waals surface area contributed by atoms with Crippen molar-refractivity contribution in [2.75, 3.05) is 17.6 Å². The van der Waals surface area contributed by atoms with Crippen LogP contribution in [0.25, 0.3) is 0 Å². The summed E-state index contributed by atoms with van der Waals surface area (Å²) in [6.07, 6.45) is -4.96. The quantitative estimate of drug-likeness (QED) is 0.514. The Bertz CT molecular complexity index is 889. The first-order chi connectivity index (χ1) is 13.6. The molecule has 2 amide bonds. The maximum absolute atomic E-state index is 13.2. The lowest BCUT2D eigenvalue weighted by atomic mass is 10.2. The van der Waals surface area contributed by atoms with Gasteiger partial charge in [-0.25, -0.2) is 8.78 Å². The molecule has 0 atom stereocenters. The molecule has 4 nitrogen and oxygen atoms in total. The lowest BCUT2D eigenvalue weighted by Crippen LogP contribution is -2.40. The van der Waals surface area contributed by atoms with Crippen molar-refractivity contribution < 1.29 is 31.5 Å². The fourth-order valence-corrected chi connectivity index (χ4v) is 3.11. The normalized spacial score (nSPS) is 11.2. The molecule has 0 fully saturated rings. The van der Waals surface area contributed by atoms with E-state index in [2.05, 4.69) is 5.32 Å². The van der Waals surface area contributed by atoms with Gasteiger partial charge < -0.3 is 10.2 Å². The van der Waals surface area contributed by atoms with Gasteiger partial charge in [0.2, 0.25) is 5.91 Å². The molecule has 0 heterocycles. The van der Waals surface area contributed by atoms with Gasteiger partial charge in [-0.1, -0.05) is 12.1 Å². The standard InChI is InChI=1S/C19H17F5N2O2S/c1-2-26(18(28)19(22,23)24)10-12-4-3-5-13(8-12)25-17(27)11-29-14-6-7-15(20)16(21)9-14/h3-9H,2,10-11H2,1H3,(H,25,27). The van der Waals surface area contributed by atoms with Crippen molar-refractivity contribution >= 4 is 29.3 Å². The molecule has 2 rings (SSSR count). The molecule has 29 heavy (non-hydrogen) atoms. The number of thioether (sulfide) groups is 1. The molecular weight excluding hydrogens is 415 g/mol. The fourth-order valence-electron chi connectivity index (χ4n) is 2.39. The highest BCUT2D eigenvalue weighted by Gasteiger charge is 2.41. The van der Waals surface area contributed by atoms with E-state index in [-0.39, 0.29) is 18.8 Å². The number of hydrogen-bond acceptors (Lipinski definition) is 3. The van der Waals surface area contributed by atoms with Crippen LogP contribution >= 0.6 is 11.8 Å². The molecule has 0 unspecified atom stereocenters. The van der Waals surface area contributed by atoms with Crippen LogP contribution in [0.3, 0.4) is 0 Å². The van der Waals surface area contributed by atoms with Crippen molar-refractivity contribution in [1.82, 2.24) is 4.90 Å². The molecular formula is C19H17F5N2O2S. The number of hydrogen-bond donors (Lipinski definition) is 1. The Morgan fingerprint density at radius 1 is 1.07 bits per heavy atom. The topological polar surface area (TPSA) is 49.4 Å². The molecule has 0 spiro atoms. The maximum atomic E-state index is 13.2. The molecule has 0 aliphatic rings. The molecule has 0 aromatic heterocycles. The second kappa shape index (κ2) is 9.73. The molecule has 2 aromatic rings. The molecule has 0 bridgehead atoms. The average molecular weight is 432 g/mol. The average Bonchev–Trinajstić information content (AvgIpc) is 2.66. The summed E-state index contributed by atoms with van der Waals surface area (Å²) in [7, 11) is 0. The fraction of sp³-hybridized carbons (Fsp3) is 0.263. The van der Waals surface area contributed by atoms with Crippen LogP contribution in [0.4, 0.5) is 27.6 Å². The van der Waals surface area contributed by atoms with E-state index in [0.29, 0.717) is 21.0 Å². The van der Waals surface area contributed by atoms with Gasteiger partial charge in [-0.3, -0.25) is 9.59 Å². The van der Waals surface area contributed by atoms with E-state index in [1.54, 1.807) is 12.1 Å². The predicted molar refractivity (Wildman–Crippen MR) is 99.3 cm³/mol. The van der Waals surface area contributed by atoms with Crippen molar-refractivity contribution in [3.8, 4) is 0 Å². The molecule has 156 valence electrons. The first-order valence-electron chi connectivity index (χ1n) is 8.43. The van der Waals surface area contributed by atoms with Crippen molar-refractivity contribution in [1.29, 1.82) is 0 Å². The monoisotopic (exact) mass is 432 g/mol. The minimum Gasteiger partial charge on any atom is -0.331 e. The SMILES string of the molecule is CCN(Cc1cccc(NC(=O)CSc2ccc(F)c(F)c2)c1)C(=O)C(F)(F)F. The zero-order valence-electron chi connectivity index (χ0n) is 15.2. The summed E-state index contributed by atoms with van der Waals surface area (Å²) in [5, 5.41) is 2.58. The van der Waals surface area contributed by atoms with Crippen LogP contribution in [-0.4, -0.2) is 35.2 Å². The van der Waals surface area contributed by atoms with Gasteiger partial charge in [0.15, 0.2) is 11.6 Å². The predicted octanol–water partition coefficient (Wildman–Crippen LogP) is 4.61. The minimum absolute atomic E-state index is 0.0804. The molecule has 1 N–H and O–H groups in total. The molecule has 2 aromatic carbocycles. The lowest BCUT2D eigenvalue weighted by Gasteiger charge is -2.22. The van der Waals surface area contributed by atoms with Crippen molar-refractivity contribution in [2.45, 2.75) is 24.5 Å². The minimum atomic E-state index is -4.96. The number of carbonyl (C=O) groups is 2. The summed E-state index contributed by atoms with van der Waals surface area (Å²) in [6, 6.07) is 9.37. The molecule has 10 heteroatoms. The summed E-state index contributed by atoms with van der Waals surface area (Å²) >= 11 is 0.999. The third kappa shape index (κ3) is 6.74. The Balaban J connectivity index is 1.97. The van der Waals surface area contributed by atoms with Gasteiger partial charge in [0.1, 0.15) is 0 Å². The first-order valence-corrected chi connectivity index (χ1v) is 9.41. The number of benzene rings is 2. The van der Waals surface area contributed by atoms with E-state index in [9.17, 15) is 31.5 Å². The highest BCUT2D eigenvalue weighted by Crippen LogP contribution is 2.22. The summed E-state index contributed by atoms with van der Waals surface area (Å²) in [5.74, 6) is -4.45. The number of amides is 2. The second-order valence-electron chi connectivity index (χ2n) is 5.93. The van der Waals surface area contributed by atoms with Crippen LogP contribution in [0.5, 0.6) is 0 Å². The van der Waals surface area contributed by atoms with E-state index >= 15 is 0 Å². The van der Waals surface area contributed by atoms with Crippen LogP contribution in [-0.2, 0) is 16.1 Å². The third-order valence-corrected chi connectivity index (χ3v) is 4.75. The molecule has 0 saturated carbocycles. The Labute approximate surface area is 168 Å². The second-order valence-corrected chi connectivity index (χ2v) is 6.98. The van der Waals surface area contributed by atoms with Gasteiger partial charge in [-0.15, -0.1) is 11.8 Å². The van der Waals surface area contributed by atoms with Crippen LogP contribution in [0.2, 0.25) is 0 Å². The zero-order valence-corrected chi connectivity index (χ0v) is 16.0. The Hall–Kier alpha value is -2.62. The molecule has 0 radical (unpaired) electrons. The van der Waals surface area contributed by atoms with Gasteiger partial charge in [0, 0.05) is 23.7 Å². The number of alkyl halides is 3. The largest absolute Gasteiger partial charge is 0.471 e. The van der Waals surface area contributed by atoms with Gasteiger partial charge in [0.05, 0.1) is 5.75 Å². The van der Waals surface area contributed by atoms with E-state index in [1.165, 1.54) is 25.1 Å². The Morgan fingerprint density at radius 2 is 1.79 bits per heavy atom. The summed E-state index contributed by atoms with van der Waals surface area (Å²) < 4.78 is 63.9. The number of rotatable bonds is 7. The number of nitrogens with one attached hydrogen (secondary N) is 1. The van der Waals surface area contributed by atoms with E-state index < -0.39 is 29.6 Å². The Kier molecular flexibility index (Phi) is 7.60. The van der Waals surface area contributed by atoms with Gasteiger partial charge in [-0.05, 0) is 42.8 Å². The highest BCUT2D eigenvalue weighted by atomic mass is 32.2. The smallest absolute Gasteiger partial charge is 0.331 e. The molecule has 0 aliphatic heterocycles. The van der Waals surface area contributed by atoms with Crippen LogP contribution in [0, 0.1) is 11.6 Å². The third-order valence-electron chi connectivity index (χ3n) is 3.76. The number of anilines is 1. The Morgan fingerprint density at radius 3 is 2.41 bits per heavy atom. The first kappa shape index (κ1) is 22.7. The summed E-state index contributed by atoms with van der Waals surface area (Å²) in [6.45, 7) is 1.05. The van der Waals surface area contributed by atoms with Crippen molar-refractivity contribution in [2.24, 2.45) is 0 Å². The molecule has 0 saturated heterocycles. The summed E-state index contributed by atoms with van der Waals surface area (Å²) in [5.41, 5.74) is 0.754.